The summed E-state index contributed by atoms with van der Waals surface area (Å²) in [4.78, 5) is 14.1. The quantitative estimate of drug-likeness (QED) is 0.881. The van der Waals surface area contributed by atoms with E-state index in [0.717, 1.165) is 0 Å². The molecular formula is C15H22N2O5S. The highest BCUT2D eigenvalue weighted by atomic mass is 32.2. The number of anilines is 1. The van der Waals surface area contributed by atoms with E-state index in [9.17, 15) is 13.2 Å². The summed E-state index contributed by atoms with van der Waals surface area (Å²) in [6.07, 6.45) is 0.465. The van der Waals surface area contributed by atoms with Gasteiger partial charge in [0.1, 0.15) is 17.2 Å². The SMILES string of the molecule is CCN(C(=O)Nc1c(OC)cccc1OC)C1CCS(=O)(=O)C1. The number of carbonyl (C=O) groups is 1. The van der Waals surface area contributed by atoms with Gasteiger partial charge in [-0.3, -0.25) is 0 Å². The molecule has 1 aromatic rings. The van der Waals surface area contributed by atoms with Gasteiger partial charge in [-0.2, -0.15) is 0 Å². The zero-order valence-corrected chi connectivity index (χ0v) is 14.4. The van der Waals surface area contributed by atoms with Crippen LogP contribution in [0.4, 0.5) is 10.5 Å². The summed E-state index contributed by atoms with van der Waals surface area (Å²) in [6.45, 7) is 2.24. The molecule has 2 amide bonds. The lowest BCUT2D eigenvalue weighted by Gasteiger charge is -2.27. The van der Waals surface area contributed by atoms with Crippen LogP contribution in [-0.2, 0) is 9.84 Å². The van der Waals surface area contributed by atoms with E-state index in [4.69, 9.17) is 9.47 Å². The van der Waals surface area contributed by atoms with E-state index < -0.39 is 9.84 Å². The first-order valence-electron chi connectivity index (χ1n) is 7.41. The van der Waals surface area contributed by atoms with Crippen molar-refractivity contribution in [3.8, 4) is 11.5 Å². The molecule has 0 saturated carbocycles. The van der Waals surface area contributed by atoms with Crippen LogP contribution in [0.1, 0.15) is 13.3 Å². The highest BCUT2D eigenvalue weighted by Crippen LogP contribution is 2.34. The molecule has 1 saturated heterocycles. The van der Waals surface area contributed by atoms with Crippen LogP contribution in [0, 0.1) is 0 Å². The molecule has 1 atom stereocenters. The molecule has 1 unspecified atom stereocenters. The number of hydrogen-bond donors (Lipinski definition) is 1. The molecule has 1 heterocycles. The van der Waals surface area contributed by atoms with Crippen molar-refractivity contribution in [1.29, 1.82) is 0 Å². The van der Waals surface area contributed by atoms with E-state index in [2.05, 4.69) is 5.32 Å². The van der Waals surface area contributed by atoms with Gasteiger partial charge in [-0.1, -0.05) is 6.07 Å². The number of urea groups is 1. The van der Waals surface area contributed by atoms with Gasteiger partial charge in [0.2, 0.25) is 0 Å². The topological polar surface area (TPSA) is 84.9 Å². The summed E-state index contributed by atoms with van der Waals surface area (Å²) < 4.78 is 33.8. The lowest BCUT2D eigenvalue weighted by molar-refractivity contribution is 0.197. The fourth-order valence-electron chi connectivity index (χ4n) is 2.74. The first-order valence-corrected chi connectivity index (χ1v) is 9.23. The predicted octanol–water partition coefficient (Wildman–Crippen LogP) is 1.74. The van der Waals surface area contributed by atoms with Crippen LogP contribution in [-0.4, -0.2) is 57.7 Å². The summed E-state index contributed by atoms with van der Waals surface area (Å²) in [5, 5.41) is 2.78. The van der Waals surface area contributed by atoms with Crippen LogP contribution >= 0.6 is 0 Å². The Morgan fingerprint density at radius 3 is 2.35 bits per heavy atom. The Kier molecular flexibility index (Phi) is 5.35. The molecule has 0 radical (unpaired) electrons. The minimum absolute atomic E-state index is 0.0112. The van der Waals surface area contributed by atoms with E-state index in [-0.39, 0.29) is 23.6 Å². The van der Waals surface area contributed by atoms with Crippen LogP contribution < -0.4 is 14.8 Å². The molecule has 7 nitrogen and oxygen atoms in total. The lowest BCUT2D eigenvalue weighted by Crippen LogP contribution is -2.43. The minimum atomic E-state index is -3.05. The Morgan fingerprint density at radius 1 is 1.30 bits per heavy atom. The van der Waals surface area contributed by atoms with Gasteiger partial charge < -0.3 is 19.7 Å². The minimum Gasteiger partial charge on any atom is -0.494 e. The summed E-state index contributed by atoms with van der Waals surface area (Å²) in [5.74, 6) is 1.09. The fourth-order valence-corrected chi connectivity index (χ4v) is 4.47. The second kappa shape index (κ2) is 7.08. The number of para-hydroxylation sites is 1. The van der Waals surface area contributed by atoms with Crippen LogP contribution in [0.3, 0.4) is 0 Å². The molecule has 8 heteroatoms. The molecule has 0 bridgehead atoms. The lowest BCUT2D eigenvalue weighted by atomic mass is 10.2. The number of rotatable bonds is 5. The Morgan fingerprint density at radius 2 is 1.91 bits per heavy atom. The molecule has 1 N–H and O–H groups in total. The average Bonchev–Trinajstić information content (AvgIpc) is 2.88. The van der Waals surface area contributed by atoms with Gasteiger partial charge in [0.05, 0.1) is 25.7 Å². The maximum absolute atomic E-state index is 12.6. The van der Waals surface area contributed by atoms with E-state index in [0.29, 0.717) is 30.2 Å². The Bertz CT molecular complexity index is 652. The van der Waals surface area contributed by atoms with E-state index >= 15 is 0 Å². The number of sulfone groups is 1. The second-order valence-corrected chi connectivity index (χ2v) is 7.54. The van der Waals surface area contributed by atoms with Crippen molar-refractivity contribution in [3.05, 3.63) is 18.2 Å². The first kappa shape index (κ1) is 17.4. The van der Waals surface area contributed by atoms with Crippen molar-refractivity contribution in [2.75, 3.05) is 37.6 Å². The second-order valence-electron chi connectivity index (χ2n) is 5.31. The molecule has 0 aromatic heterocycles. The van der Waals surface area contributed by atoms with E-state index in [1.54, 1.807) is 18.2 Å². The van der Waals surface area contributed by atoms with Crippen molar-refractivity contribution in [1.82, 2.24) is 4.90 Å². The molecule has 0 aliphatic carbocycles. The average molecular weight is 342 g/mol. The number of methoxy groups -OCH3 is 2. The van der Waals surface area contributed by atoms with Crippen LogP contribution in [0.15, 0.2) is 18.2 Å². The normalized spacial score (nSPS) is 19.2. The summed E-state index contributed by atoms with van der Waals surface area (Å²) in [7, 11) is -0.0426. The van der Waals surface area contributed by atoms with Crippen molar-refractivity contribution in [2.45, 2.75) is 19.4 Å². The number of nitrogens with one attached hydrogen (secondary N) is 1. The fraction of sp³-hybridized carbons (Fsp3) is 0.533. The maximum atomic E-state index is 12.6. The largest absolute Gasteiger partial charge is 0.494 e. The first-order chi connectivity index (χ1) is 10.9. The number of amides is 2. The van der Waals surface area contributed by atoms with Gasteiger partial charge in [0.25, 0.3) is 0 Å². The molecule has 2 rings (SSSR count). The highest BCUT2D eigenvalue weighted by Gasteiger charge is 2.34. The predicted molar refractivity (Wildman–Crippen MR) is 88.0 cm³/mol. The number of hydrogen-bond acceptors (Lipinski definition) is 5. The number of nitrogens with zero attached hydrogens (tertiary/aromatic N) is 1. The van der Waals surface area contributed by atoms with Gasteiger partial charge in [0.15, 0.2) is 9.84 Å². The molecule has 0 spiro atoms. The maximum Gasteiger partial charge on any atom is 0.322 e. The molecule has 1 fully saturated rings. The third-order valence-corrected chi connectivity index (χ3v) is 5.66. The molecule has 1 aliphatic heterocycles. The van der Waals surface area contributed by atoms with Gasteiger partial charge in [-0.15, -0.1) is 0 Å². The standard InChI is InChI=1S/C15H22N2O5S/c1-4-17(11-8-9-23(19,20)10-11)15(18)16-14-12(21-2)6-5-7-13(14)22-3/h5-7,11H,4,8-10H2,1-3H3,(H,16,18). The van der Waals surface area contributed by atoms with Crippen molar-refractivity contribution in [2.24, 2.45) is 0 Å². The number of benzene rings is 1. The van der Waals surface area contributed by atoms with Crippen molar-refractivity contribution >= 4 is 21.6 Å². The summed E-state index contributed by atoms with van der Waals surface area (Å²) in [5.41, 5.74) is 0.432. The van der Waals surface area contributed by atoms with E-state index in [1.807, 2.05) is 6.92 Å². The molecule has 128 valence electrons. The molecule has 1 aliphatic rings. The Hall–Kier alpha value is -1.96. The van der Waals surface area contributed by atoms with Crippen LogP contribution in [0.25, 0.3) is 0 Å². The van der Waals surface area contributed by atoms with Crippen molar-refractivity contribution < 1.29 is 22.7 Å². The van der Waals surface area contributed by atoms with E-state index in [1.165, 1.54) is 19.1 Å². The summed E-state index contributed by atoms with van der Waals surface area (Å²) in [6, 6.07) is 4.53. The molecular weight excluding hydrogens is 320 g/mol. The van der Waals surface area contributed by atoms with Gasteiger partial charge in [-0.05, 0) is 25.5 Å². The zero-order chi connectivity index (χ0) is 17.0. The molecule has 1 aromatic carbocycles. The Labute approximate surface area is 136 Å². The van der Waals surface area contributed by atoms with Gasteiger partial charge in [0, 0.05) is 12.6 Å². The summed E-state index contributed by atoms with van der Waals surface area (Å²) >= 11 is 0. The van der Waals surface area contributed by atoms with Crippen LogP contribution in [0.2, 0.25) is 0 Å². The molecule has 23 heavy (non-hydrogen) atoms. The zero-order valence-electron chi connectivity index (χ0n) is 13.5. The number of carbonyl (C=O) groups excluding carboxylic acids is 1. The monoisotopic (exact) mass is 342 g/mol. The third kappa shape index (κ3) is 3.87. The number of ether oxygens (including phenoxy) is 2. The smallest absolute Gasteiger partial charge is 0.322 e. The Balaban J connectivity index is 2.20. The third-order valence-electron chi connectivity index (χ3n) is 3.91. The van der Waals surface area contributed by atoms with Crippen molar-refractivity contribution in [3.63, 3.8) is 0 Å². The highest BCUT2D eigenvalue weighted by molar-refractivity contribution is 7.91. The van der Waals surface area contributed by atoms with Gasteiger partial charge >= 0.3 is 6.03 Å². The van der Waals surface area contributed by atoms with Gasteiger partial charge in [-0.25, -0.2) is 13.2 Å². The van der Waals surface area contributed by atoms with Crippen LogP contribution in [0.5, 0.6) is 11.5 Å².